The van der Waals surface area contributed by atoms with Crippen molar-refractivity contribution in [2.75, 3.05) is 0 Å². The van der Waals surface area contributed by atoms with Crippen molar-refractivity contribution in [2.24, 2.45) is 5.41 Å². The van der Waals surface area contributed by atoms with Crippen molar-refractivity contribution in [3.63, 3.8) is 0 Å². The van der Waals surface area contributed by atoms with Crippen LogP contribution in [0.1, 0.15) is 41.5 Å². The van der Waals surface area contributed by atoms with Gasteiger partial charge in [0.05, 0.1) is 11.1 Å². The Balaban J connectivity index is 2.25. The molecule has 0 unspecified atom stereocenters. The molecule has 5 nitrogen and oxygen atoms in total. The fourth-order valence-corrected chi connectivity index (χ4v) is 1.63. The molecule has 0 radical (unpaired) electrons. The van der Waals surface area contributed by atoms with Gasteiger partial charge in [0.1, 0.15) is 5.41 Å². The Morgan fingerprint density at radius 1 is 1.05 bits per heavy atom. The molecule has 112 valence electrons. The maximum absolute atomic E-state index is 13.4. The third-order valence-electron chi connectivity index (χ3n) is 3.54. The summed E-state index contributed by atoms with van der Waals surface area (Å²) in [6.45, 7) is 2.53. The highest BCUT2D eigenvalue weighted by Gasteiger charge is 2.52. The molecule has 0 bridgehead atoms. The minimum atomic E-state index is -3.37. The van der Waals surface area contributed by atoms with E-state index in [0.29, 0.717) is 6.92 Å². The van der Waals surface area contributed by atoms with Crippen molar-refractivity contribution in [1.82, 2.24) is 5.06 Å². The number of halogens is 2. The van der Waals surface area contributed by atoms with Gasteiger partial charge in [-0.05, 0) is 26.0 Å². The first kappa shape index (κ1) is 15.1. The zero-order valence-corrected chi connectivity index (χ0v) is 11.6. The van der Waals surface area contributed by atoms with E-state index in [1.165, 1.54) is 12.1 Å². The summed E-state index contributed by atoms with van der Waals surface area (Å²) in [6, 6.07) is 5.87. The number of hydrogen-bond donors (Lipinski definition) is 0. The highest BCUT2D eigenvalue weighted by Crippen LogP contribution is 2.37. The fourth-order valence-electron chi connectivity index (χ4n) is 1.63. The molecule has 0 aromatic heterocycles. The molecule has 0 atom stereocenters. The molecule has 2 rings (SSSR count). The van der Waals surface area contributed by atoms with E-state index in [0.717, 1.165) is 13.8 Å². The number of hydroxylamine groups is 2. The second-order valence-corrected chi connectivity index (χ2v) is 5.34. The Morgan fingerprint density at radius 2 is 1.48 bits per heavy atom. The van der Waals surface area contributed by atoms with Crippen LogP contribution in [-0.4, -0.2) is 28.8 Å². The van der Waals surface area contributed by atoms with Gasteiger partial charge in [0.15, 0.2) is 0 Å². The number of fused-ring (bicyclic) bond motifs is 1. The van der Waals surface area contributed by atoms with E-state index in [1.54, 1.807) is 12.1 Å². The molecule has 1 aliphatic heterocycles. The van der Waals surface area contributed by atoms with Crippen LogP contribution in [0.4, 0.5) is 8.78 Å². The average Bonchev–Trinajstić information content (AvgIpc) is 2.63. The van der Waals surface area contributed by atoms with E-state index in [1.807, 2.05) is 0 Å². The third-order valence-corrected chi connectivity index (χ3v) is 3.54. The van der Waals surface area contributed by atoms with Gasteiger partial charge in [0.25, 0.3) is 17.7 Å². The van der Waals surface area contributed by atoms with Gasteiger partial charge in [-0.15, -0.1) is 0 Å². The quantitative estimate of drug-likeness (QED) is 0.804. The molecule has 0 saturated carbocycles. The van der Waals surface area contributed by atoms with Crippen LogP contribution in [0.15, 0.2) is 24.3 Å². The first-order valence-electron chi connectivity index (χ1n) is 6.15. The Hall–Kier alpha value is -2.31. The summed E-state index contributed by atoms with van der Waals surface area (Å²) in [7, 11) is 0. The number of carbonyl (C=O) groups excluding carboxylic acids is 3. The lowest BCUT2D eigenvalue weighted by molar-refractivity contribution is -0.198. The molecule has 0 aliphatic carbocycles. The second-order valence-electron chi connectivity index (χ2n) is 5.34. The molecule has 1 heterocycles. The predicted octanol–water partition coefficient (Wildman–Crippen LogP) is 2.42. The van der Waals surface area contributed by atoms with E-state index in [-0.39, 0.29) is 16.2 Å². The molecule has 2 amide bonds. The van der Waals surface area contributed by atoms with Crippen molar-refractivity contribution >= 4 is 17.8 Å². The highest BCUT2D eigenvalue weighted by atomic mass is 19.3. The molecule has 0 fully saturated rings. The maximum Gasteiger partial charge on any atom is 0.344 e. The number of carbonyl (C=O) groups is 3. The number of amides is 2. The Kier molecular flexibility index (Phi) is 3.31. The zero-order chi connectivity index (χ0) is 16.0. The smallest absolute Gasteiger partial charge is 0.329 e. The summed E-state index contributed by atoms with van der Waals surface area (Å²) in [5, 5.41) is 0.223. The van der Waals surface area contributed by atoms with Crippen molar-refractivity contribution in [3.05, 3.63) is 35.4 Å². The number of imide groups is 1. The number of alkyl halides is 2. The van der Waals surface area contributed by atoms with Crippen LogP contribution in [0.3, 0.4) is 0 Å². The molecular formula is C14H13F2NO4. The molecule has 21 heavy (non-hydrogen) atoms. The van der Waals surface area contributed by atoms with Gasteiger partial charge in [-0.25, -0.2) is 13.6 Å². The topological polar surface area (TPSA) is 63.7 Å². The summed E-state index contributed by atoms with van der Waals surface area (Å²) in [5.74, 6) is -6.43. The summed E-state index contributed by atoms with van der Waals surface area (Å²) in [6.07, 6.45) is 0. The largest absolute Gasteiger partial charge is 0.344 e. The van der Waals surface area contributed by atoms with Gasteiger partial charge in [0, 0.05) is 6.92 Å². The maximum atomic E-state index is 13.4. The lowest BCUT2D eigenvalue weighted by Gasteiger charge is -2.29. The van der Waals surface area contributed by atoms with Crippen molar-refractivity contribution in [1.29, 1.82) is 0 Å². The van der Waals surface area contributed by atoms with Gasteiger partial charge in [-0.3, -0.25) is 9.59 Å². The van der Waals surface area contributed by atoms with E-state index in [4.69, 9.17) is 0 Å². The summed E-state index contributed by atoms with van der Waals surface area (Å²) >= 11 is 0. The van der Waals surface area contributed by atoms with E-state index >= 15 is 0 Å². The van der Waals surface area contributed by atoms with Crippen molar-refractivity contribution in [2.45, 2.75) is 26.7 Å². The molecule has 1 aliphatic rings. The van der Waals surface area contributed by atoms with E-state index in [2.05, 4.69) is 4.84 Å². The number of nitrogens with zero attached hydrogens (tertiary/aromatic N) is 1. The van der Waals surface area contributed by atoms with Crippen LogP contribution in [0.5, 0.6) is 0 Å². The number of hydrogen-bond acceptors (Lipinski definition) is 4. The highest BCUT2D eigenvalue weighted by molar-refractivity contribution is 6.20. The Labute approximate surface area is 119 Å². The second kappa shape index (κ2) is 4.61. The summed E-state index contributed by atoms with van der Waals surface area (Å²) < 4.78 is 26.8. The molecule has 1 aromatic carbocycles. The van der Waals surface area contributed by atoms with E-state index < -0.39 is 29.1 Å². The van der Waals surface area contributed by atoms with Gasteiger partial charge < -0.3 is 4.84 Å². The standard InChI is InChI=1S/C14H13F2NO4/c1-13(2,14(3,15)16)12(20)21-17-10(18)8-6-4-5-7-9(8)11(17)19/h4-7H,1-3H3. The Bertz CT molecular complexity index is 599. The first-order valence-corrected chi connectivity index (χ1v) is 6.15. The molecule has 1 aromatic rings. The average molecular weight is 297 g/mol. The van der Waals surface area contributed by atoms with Crippen LogP contribution in [0.25, 0.3) is 0 Å². The number of rotatable bonds is 3. The molecule has 0 saturated heterocycles. The molecular weight excluding hydrogens is 284 g/mol. The van der Waals surface area contributed by atoms with Crippen molar-refractivity contribution in [3.8, 4) is 0 Å². The lowest BCUT2D eigenvalue weighted by Crippen LogP contribution is -2.45. The minimum Gasteiger partial charge on any atom is -0.329 e. The van der Waals surface area contributed by atoms with Crippen LogP contribution in [-0.2, 0) is 9.63 Å². The Morgan fingerprint density at radius 3 is 1.86 bits per heavy atom. The van der Waals surface area contributed by atoms with Crippen molar-refractivity contribution < 1.29 is 28.0 Å². The van der Waals surface area contributed by atoms with Gasteiger partial charge in [-0.1, -0.05) is 17.2 Å². The summed E-state index contributed by atoms with van der Waals surface area (Å²) in [4.78, 5) is 40.4. The van der Waals surface area contributed by atoms with Crippen LogP contribution in [0.2, 0.25) is 0 Å². The SMILES string of the molecule is CC(F)(F)C(C)(C)C(=O)ON1C(=O)c2ccccc2C1=O. The third kappa shape index (κ3) is 2.28. The molecule has 7 heteroatoms. The summed E-state index contributed by atoms with van der Waals surface area (Å²) in [5.41, 5.74) is -2.05. The van der Waals surface area contributed by atoms with Gasteiger partial charge in [-0.2, -0.15) is 0 Å². The molecule has 0 N–H and O–H groups in total. The normalized spacial score (nSPS) is 15.2. The van der Waals surface area contributed by atoms with Gasteiger partial charge >= 0.3 is 5.97 Å². The van der Waals surface area contributed by atoms with E-state index in [9.17, 15) is 23.2 Å². The fraction of sp³-hybridized carbons (Fsp3) is 0.357. The predicted molar refractivity (Wildman–Crippen MR) is 67.4 cm³/mol. The minimum absolute atomic E-state index is 0.0661. The monoisotopic (exact) mass is 297 g/mol. The number of benzene rings is 1. The molecule has 0 spiro atoms. The zero-order valence-electron chi connectivity index (χ0n) is 11.6. The van der Waals surface area contributed by atoms with Gasteiger partial charge in [0.2, 0.25) is 0 Å². The lowest BCUT2D eigenvalue weighted by atomic mass is 9.87. The van der Waals surface area contributed by atoms with Crippen LogP contribution in [0, 0.1) is 5.41 Å². The van der Waals surface area contributed by atoms with Crippen LogP contribution >= 0.6 is 0 Å². The first-order chi connectivity index (χ1) is 9.57. The van der Waals surface area contributed by atoms with Crippen LogP contribution < -0.4 is 0 Å².